The van der Waals surface area contributed by atoms with Gasteiger partial charge in [-0.25, -0.2) is 9.98 Å². The van der Waals surface area contributed by atoms with Crippen LogP contribution in [0.15, 0.2) is 63.5 Å². The fourth-order valence-electron chi connectivity index (χ4n) is 5.52. The molecule has 0 amide bonds. The van der Waals surface area contributed by atoms with Gasteiger partial charge in [-0.05, 0) is 22.3 Å². The van der Waals surface area contributed by atoms with Crippen molar-refractivity contribution in [2.24, 2.45) is 20.7 Å². The number of hydrogen-bond donors (Lipinski definition) is 3. The molecule has 4 aliphatic rings. The summed E-state index contributed by atoms with van der Waals surface area (Å²) in [6.07, 6.45) is -1.58. The largest absolute Gasteiger partial charge is 0.394 e. The van der Waals surface area contributed by atoms with Gasteiger partial charge in [0.15, 0.2) is 17.7 Å². The summed E-state index contributed by atoms with van der Waals surface area (Å²) in [7, 11) is 1.51. The van der Waals surface area contributed by atoms with Crippen LogP contribution in [0.5, 0.6) is 0 Å². The second kappa shape index (κ2) is 7.54. The maximum absolute atomic E-state index is 10.5. The summed E-state index contributed by atoms with van der Waals surface area (Å²) in [5, 5.41) is 20.1. The first kappa shape index (κ1) is 20.6. The third-order valence-electron chi connectivity index (χ3n) is 7.04. The molecule has 1 saturated heterocycles. The van der Waals surface area contributed by atoms with Gasteiger partial charge in [0.25, 0.3) is 0 Å². The summed E-state index contributed by atoms with van der Waals surface area (Å²) >= 11 is 0. The van der Waals surface area contributed by atoms with E-state index in [-0.39, 0.29) is 19.2 Å². The van der Waals surface area contributed by atoms with Gasteiger partial charge in [0.1, 0.15) is 37.0 Å². The fraction of sp³-hybridized carbons (Fsp3) is 0.375. The minimum atomic E-state index is -1.16. The van der Waals surface area contributed by atoms with Crippen molar-refractivity contribution in [1.82, 2.24) is 4.90 Å². The highest BCUT2D eigenvalue weighted by Crippen LogP contribution is 2.50. The number of aliphatic imine (C=N–C) groups is 3. The molecule has 3 heterocycles. The van der Waals surface area contributed by atoms with Crippen molar-refractivity contribution in [2.75, 3.05) is 20.4 Å². The zero-order valence-corrected chi connectivity index (χ0v) is 18.1. The Morgan fingerprint density at radius 1 is 1.15 bits per heavy atom. The first-order valence-electron chi connectivity index (χ1n) is 11.0. The average molecular weight is 447 g/mol. The van der Waals surface area contributed by atoms with E-state index in [9.17, 15) is 10.2 Å². The molecule has 0 bridgehead atoms. The van der Waals surface area contributed by atoms with Crippen molar-refractivity contribution in [3.05, 3.63) is 59.7 Å². The summed E-state index contributed by atoms with van der Waals surface area (Å²) in [5.74, 6) is 0.316. The first-order chi connectivity index (χ1) is 16.1. The van der Waals surface area contributed by atoms with Crippen LogP contribution in [0.4, 0.5) is 0 Å². The molecule has 9 nitrogen and oxygen atoms in total. The Hall–Kier alpha value is -2.95. The Kier molecular flexibility index (Phi) is 4.72. The number of benzene rings is 2. The minimum absolute atomic E-state index is 0.233. The number of amidine groups is 1. The van der Waals surface area contributed by atoms with E-state index in [2.05, 4.69) is 34.3 Å². The molecule has 3 aliphatic heterocycles. The second-order valence-electron chi connectivity index (χ2n) is 8.69. The lowest BCUT2D eigenvalue weighted by Gasteiger charge is -2.36. The molecule has 1 aliphatic carbocycles. The van der Waals surface area contributed by atoms with E-state index in [1.807, 2.05) is 29.2 Å². The third kappa shape index (κ3) is 2.81. The van der Waals surface area contributed by atoms with Gasteiger partial charge in [-0.2, -0.15) is 0 Å². The van der Waals surface area contributed by atoms with Gasteiger partial charge >= 0.3 is 0 Å². The molecule has 0 radical (unpaired) electrons. The molecule has 0 aromatic heterocycles. The van der Waals surface area contributed by atoms with Gasteiger partial charge in [-0.3, -0.25) is 4.99 Å². The Morgan fingerprint density at radius 3 is 2.45 bits per heavy atom. The number of hydrogen-bond acceptors (Lipinski definition) is 9. The van der Waals surface area contributed by atoms with Crippen molar-refractivity contribution in [3.63, 3.8) is 0 Å². The highest BCUT2D eigenvalue weighted by Gasteiger charge is 2.54. The summed E-state index contributed by atoms with van der Waals surface area (Å²) in [4.78, 5) is 15.8. The first-order valence-corrected chi connectivity index (χ1v) is 11.0. The van der Waals surface area contributed by atoms with E-state index < -0.39 is 30.2 Å². The van der Waals surface area contributed by atoms with E-state index in [4.69, 9.17) is 20.2 Å². The number of nitrogens with two attached hydrogens (primary N) is 1. The molecule has 1 unspecified atom stereocenters. The summed E-state index contributed by atoms with van der Waals surface area (Å²) in [6.45, 7) is -0.0780. The lowest BCUT2D eigenvalue weighted by atomic mass is 9.81. The predicted octanol–water partition coefficient (Wildman–Crippen LogP) is 0.702. The van der Waals surface area contributed by atoms with Crippen molar-refractivity contribution < 1.29 is 19.7 Å². The molecule has 0 spiro atoms. The molecule has 0 saturated carbocycles. The molecule has 170 valence electrons. The molecule has 2 aromatic rings. The van der Waals surface area contributed by atoms with Crippen molar-refractivity contribution in [2.45, 2.75) is 36.1 Å². The molecular formula is C24H25N5O4. The van der Waals surface area contributed by atoms with Crippen LogP contribution in [0.1, 0.15) is 17.0 Å². The highest BCUT2D eigenvalue weighted by atomic mass is 16.6. The molecular weight excluding hydrogens is 422 g/mol. The molecule has 2 aromatic carbocycles. The average Bonchev–Trinajstić information content (AvgIpc) is 3.51. The van der Waals surface area contributed by atoms with Crippen LogP contribution in [0.25, 0.3) is 11.1 Å². The lowest BCUT2D eigenvalue weighted by molar-refractivity contribution is -0.0765. The summed E-state index contributed by atoms with van der Waals surface area (Å²) in [5.41, 5.74) is 11.0. The van der Waals surface area contributed by atoms with Crippen LogP contribution in [-0.2, 0) is 9.47 Å². The van der Waals surface area contributed by atoms with Gasteiger partial charge in [0, 0.05) is 7.11 Å². The Bertz CT molecular complexity index is 1150. The highest BCUT2D eigenvalue weighted by molar-refractivity contribution is 6.47. The zero-order valence-electron chi connectivity index (χ0n) is 18.1. The topological polar surface area (TPSA) is 125 Å². The quantitative estimate of drug-likeness (QED) is 0.634. The number of rotatable bonds is 4. The van der Waals surface area contributed by atoms with Crippen molar-refractivity contribution in [1.29, 1.82) is 0 Å². The zero-order chi connectivity index (χ0) is 22.7. The minimum Gasteiger partial charge on any atom is -0.394 e. The fourth-order valence-corrected chi connectivity index (χ4v) is 5.52. The van der Waals surface area contributed by atoms with Crippen LogP contribution in [0.2, 0.25) is 0 Å². The number of ether oxygens (including phenoxy) is 2. The van der Waals surface area contributed by atoms with Gasteiger partial charge in [0.05, 0.1) is 12.5 Å². The maximum Gasteiger partial charge on any atom is 0.166 e. The molecule has 6 rings (SSSR count). The monoisotopic (exact) mass is 447 g/mol. The molecule has 33 heavy (non-hydrogen) atoms. The van der Waals surface area contributed by atoms with Crippen LogP contribution < -0.4 is 5.73 Å². The van der Waals surface area contributed by atoms with Gasteiger partial charge in [0.2, 0.25) is 0 Å². The molecule has 1 fully saturated rings. The van der Waals surface area contributed by atoms with E-state index in [1.165, 1.54) is 13.4 Å². The van der Waals surface area contributed by atoms with Gasteiger partial charge < -0.3 is 30.3 Å². The van der Waals surface area contributed by atoms with Gasteiger partial charge in [-0.15, -0.1) is 0 Å². The van der Waals surface area contributed by atoms with E-state index >= 15 is 0 Å². The Balaban J connectivity index is 1.39. The third-order valence-corrected chi connectivity index (χ3v) is 7.04. The van der Waals surface area contributed by atoms with E-state index in [1.54, 1.807) is 0 Å². The standard InChI is InChI=1S/C24H25N5O4/c1-32-20-19(31)17(10-30)33-23(20)29-12-27-21-22(29)26-11-28-24(21,25)18-15-8-4-2-6-13(15)14-7-3-5-9-16(14)18/h2-9,11,17-20,23,30-31H,10,12,25H2,1H3/t17-,19-,20-,23-,24?/m1/s1. The van der Waals surface area contributed by atoms with E-state index in [0.29, 0.717) is 11.5 Å². The SMILES string of the molecule is CO[C@@H]1[C@H](O)[C@@H](CO)O[C@H]1N1CN=C2C1=NC=NC2(N)C1c2ccccc2-c2ccccc21. The van der Waals surface area contributed by atoms with Crippen LogP contribution in [0, 0.1) is 0 Å². The van der Waals surface area contributed by atoms with Crippen molar-refractivity contribution in [3.8, 4) is 11.1 Å². The van der Waals surface area contributed by atoms with E-state index in [0.717, 1.165) is 22.3 Å². The number of fused-ring (bicyclic) bond motifs is 4. The Labute approximate surface area is 190 Å². The molecule has 9 heteroatoms. The Morgan fingerprint density at radius 2 is 1.82 bits per heavy atom. The number of nitrogens with zero attached hydrogens (tertiary/aromatic N) is 4. The van der Waals surface area contributed by atoms with Crippen LogP contribution in [0.3, 0.4) is 0 Å². The smallest absolute Gasteiger partial charge is 0.166 e. The number of methoxy groups -OCH3 is 1. The van der Waals surface area contributed by atoms with Crippen LogP contribution >= 0.6 is 0 Å². The van der Waals surface area contributed by atoms with Crippen LogP contribution in [-0.4, -0.2) is 83.6 Å². The molecule has 5 atom stereocenters. The number of aliphatic hydroxyl groups is 2. The lowest BCUT2D eigenvalue weighted by Crippen LogP contribution is -2.58. The second-order valence-corrected chi connectivity index (χ2v) is 8.69. The summed E-state index contributed by atoms with van der Waals surface area (Å²) in [6, 6.07) is 16.5. The predicted molar refractivity (Wildman–Crippen MR) is 123 cm³/mol. The molecule has 4 N–H and O–H groups in total. The summed E-state index contributed by atoms with van der Waals surface area (Å²) < 4.78 is 11.4. The van der Waals surface area contributed by atoms with Crippen molar-refractivity contribution >= 4 is 17.9 Å². The normalized spacial score (nSPS) is 32.4. The maximum atomic E-state index is 10.5. The van der Waals surface area contributed by atoms with Gasteiger partial charge in [-0.1, -0.05) is 48.5 Å². The number of aliphatic hydroxyl groups excluding tert-OH is 2.